The van der Waals surface area contributed by atoms with Crippen LogP contribution in [0.5, 0.6) is 0 Å². The van der Waals surface area contributed by atoms with Gasteiger partial charge in [-0.1, -0.05) is 6.92 Å². The molecule has 0 aromatic carbocycles. The van der Waals surface area contributed by atoms with Crippen LogP contribution in [0.15, 0.2) is 12.0 Å². The van der Waals surface area contributed by atoms with Crippen molar-refractivity contribution in [2.45, 2.75) is 13.3 Å². The van der Waals surface area contributed by atoms with Crippen molar-refractivity contribution in [2.24, 2.45) is 5.73 Å². The van der Waals surface area contributed by atoms with Crippen molar-refractivity contribution in [3.63, 3.8) is 0 Å². The van der Waals surface area contributed by atoms with Gasteiger partial charge in [0.15, 0.2) is 5.88 Å². The van der Waals surface area contributed by atoms with Gasteiger partial charge in [-0.05, 0) is 12.5 Å². The lowest BCUT2D eigenvalue weighted by atomic mass is 10.5. The van der Waals surface area contributed by atoms with Gasteiger partial charge in [-0.2, -0.15) is 0 Å². The van der Waals surface area contributed by atoms with Crippen molar-refractivity contribution >= 4 is 0 Å². The molecular weight excluding hydrogens is 78.0 g/mol. The smallest absolute Gasteiger partial charge is 0.177 e. The van der Waals surface area contributed by atoms with Crippen LogP contribution in [0.25, 0.3) is 0 Å². The highest BCUT2D eigenvalue weighted by atomic mass is 16.3. The summed E-state index contributed by atoms with van der Waals surface area (Å²) in [5.74, 6) is -0.0856. The summed E-state index contributed by atoms with van der Waals surface area (Å²) in [7, 11) is 0. The molecule has 0 spiro atoms. The molecule has 0 aromatic heterocycles. The van der Waals surface area contributed by atoms with Gasteiger partial charge in [-0.25, -0.2) is 0 Å². The minimum atomic E-state index is -0.0856. The largest absolute Gasteiger partial charge is 0.495 e. The molecule has 0 fully saturated rings. The maximum absolute atomic E-state index is 8.19. The summed E-state index contributed by atoms with van der Waals surface area (Å²) in [6.07, 6.45) is 2.34. The molecule has 2 heteroatoms. The van der Waals surface area contributed by atoms with Crippen molar-refractivity contribution in [1.82, 2.24) is 0 Å². The van der Waals surface area contributed by atoms with Crippen LogP contribution in [-0.4, -0.2) is 5.11 Å². The zero-order valence-corrected chi connectivity index (χ0v) is 3.81. The van der Waals surface area contributed by atoms with E-state index >= 15 is 0 Å². The van der Waals surface area contributed by atoms with Gasteiger partial charge in [0.05, 0.1) is 0 Å². The first-order valence-corrected chi connectivity index (χ1v) is 1.92. The second-order valence-corrected chi connectivity index (χ2v) is 1.04. The first-order chi connectivity index (χ1) is 2.77. The summed E-state index contributed by atoms with van der Waals surface area (Å²) in [5.41, 5.74) is 4.82. The van der Waals surface area contributed by atoms with Crippen LogP contribution in [0.4, 0.5) is 0 Å². The molecule has 36 valence electrons. The lowest BCUT2D eigenvalue weighted by Crippen LogP contribution is -1.92. The van der Waals surface area contributed by atoms with Crippen molar-refractivity contribution in [1.29, 1.82) is 0 Å². The third-order valence-electron chi connectivity index (χ3n) is 0.413. The number of hydrogen-bond acceptors (Lipinski definition) is 2. The molecule has 0 rings (SSSR count). The van der Waals surface area contributed by atoms with Crippen molar-refractivity contribution in [2.75, 3.05) is 0 Å². The van der Waals surface area contributed by atoms with Crippen molar-refractivity contribution in [3.8, 4) is 0 Å². The van der Waals surface area contributed by atoms with Gasteiger partial charge in [0.25, 0.3) is 0 Å². The molecule has 0 aliphatic carbocycles. The SMILES string of the molecule is CC/C=C(/N)O. The van der Waals surface area contributed by atoms with Crippen LogP contribution in [0.2, 0.25) is 0 Å². The highest BCUT2D eigenvalue weighted by Crippen LogP contribution is 1.78. The maximum Gasteiger partial charge on any atom is 0.177 e. The van der Waals surface area contributed by atoms with Gasteiger partial charge in [0.1, 0.15) is 0 Å². The molecule has 0 unspecified atom stereocenters. The Labute approximate surface area is 37.3 Å². The van der Waals surface area contributed by atoms with Crippen molar-refractivity contribution < 1.29 is 5.11 Å². The minimum Gasteiger partial charge on any atom is -0.495 e. The Balaban J connectivity index is 3.14. The first-order valence-electron chi connectivity index (χ1n) is 1.92. The van der Waals surface area contributed by atoms with E-state index < -0.39 is 0 Å². The summed E-state index contributed by atoms with van der Waals surface area (Å²) in [6.45, 7) is 1.91. The number of hydrogen-bond donors (Lipinski definition) is 2. The van der Waals surface area contributed by atoms with E-state index in [1.54, 1.807) is 6.08 Å². The molecule has 0 atom stereocenters. The Morgan fingerprint density at radius 2 is 2.50 bits per heavy atom. The molecule has 0 heterocycles. The van der Waals surface area contributed by atoms with Gasteiger partial charge in [0, 0.05) is 0 Å². The average molecular weight is 87.1 g/mol. The molecule has 0 amide bonds. The van der Waals surface area contributed by atoms with Crippen LogP contribution in [0.1, 0.15) is 13.3 Å². The predicted molar refractivity (Wildman–Crippen MR) is 25.2 cm³/mol. The summed E-state index contributed by atoms with van der Waals surface area (Å²) in [6, 6.07) is 0. The lowest BCUT2D eigenvalue weighted by molar-refractivity contribution is 0.403. The second kappa shape index (κ2) is 2.57. The maximum atomic E-state index is 8.19. The third-order valence-corrected chi connectivity index (χ3v) is 0.413. The highest BCUT2D eigenvalue weighted by Gasteiger charge is 1.70. The Hall–Kier alpha value is -0.660. The minimum absolute atomic E-state index is 0.0856. The van der Waals surface area contributed by atoms with Gasteiger partial charge in [-0.15, -0.1) is 0 Å². The van der Waals surface area contributed by atoms with Crippen LogP contribution >= 0.6 is 0 Å². The van der Waals surface area contributed by atoms with Crippen LogP contribution in [0.3, 0.4) is 0 Å². The molecule has 0 saturated heterocycles. The molecular formula is C4H9NO. The second-order valence-electron chi connectivity index (χ2n) is 1.04. The van der Waals surface area contributed by atoms with Crippen LogP contribution < -0.4 is 5.73 Å². The number of rotatable bonds is 1. The zero-order chi connectivity index (χ0) is 4.99. The fourth-order valence-electron chi connectivity index (χ4n) is 0.209. The molecule has 0 aliphatic rings. The lowest BCUT2D eigenvalue weighted by Gasteiger charge is -1.81. The van der Waals surface area contributed by atoms with Crippen LogP contribution in [0, 0.1) is 0 Å². The summed E-state index contributed by atoms with van der Waals surface area (Å²) < 4.78 is 0. The quantitative estimate of drug-likeness (QED) is 0.464. The number of aliphatic hydroxyl groups excluding tert-OH is 1. The van der Waals surface area contributed by atoms with Gasteiger partial charge in [-0.3, -0.25) is 0 Å². The van der Waals surface area contributed by atoms with Gasteiger partial charge in [0.2, 0.25) is 0 Å². The zero-order valence-electron chi connectivity index (χ0n) is 3.81. The Morgan fingerprint density at radius 1 is 2.00 bits per heavy atom. The third kappa shape index (κ3) is 3.34. The number of nitrogens with two attached hydrogens (primary N) is 1. The van der Waals surface area contributed by atoms with E-state index in [4.69, 9.17) is 10.8 Å². The molecule has 0 radical (unpaired) electrons. The molecule has 2 nitrogen and oxygen atoms in total. The fraction of sp³-hybridized carbons (Fsp3) is 0.500. The van der Waals surface area contributed by atoms with E-state index in [0.717, 1.165) is 6.42 Å². The molecule has 3 N–H and O–H groups in total. The van der Waals surface area contributed by atoms with E-state index in [1.165, 1.54) is 0 Å². The molecule has 0 aromatic rings. The summed E-state index contributed by atoms with van der Waals surface area (Å²) in [5, 5.41) is 8.19. The molecule has 6 heavy (non-hydrogen) atoms. The number of allylic oxidation sites excluding steroid dienone is 1. The van der Waals surface area contributed by atoms with E-state index in [9.17, 15) is 0 Å². The summed E-state index contributed by atoms with van der Waals surface area (Å²) >= 11 is 0. The van der Waals surface area contributed by atoms with E-state index in [-0.39, 0.29) is 5.88 Å². The van der Waals surface area contributed by atoms with Crippen molar-refractivity contribution in [3.05, 3.63) is 12.0 Å². The monoisotopic (exact) mass is 87.1 g/mol. The van der Waals surface area contributed by atoms with Crippen LogP contribution in [-0.2, 0) is 0 Å². The van der Waals surface area contributed by atoms with E-state index in [1.807, 2.05) is 6.92 Å². The Morgan fingerprint density at radius 3 is 2.50 bits per heavy atom. The predicted octanol–water partition coefficient (Wildman–Crippen LogP) is 0.755. The van der Waals surface area contributed by atoms with Gasteiger partial charge >= 0.3 is 0 Å². The van der Waals surface area contributed by atoms with E-state index in [0.29, 0.717) is 0 Å². The first kappa shape index (κ1) is 5.34. The Kier molecular flexibility index (Phi) is 2.29. The average Bonchev–Trinajstić information content (AvgIpc) is 1.35. The molecule has 0 bridgehead atoms. The normalized spacial score (nSPS) is 11.8. The fourth-order valence-corrected chi connectivity index (χ4v) is 0.209. The standard InChI is InChI=1S/C4H9NO/c1-2-3-4(5)6/h3,6H,2,5H2,1H3/b4-3-. The number of aliphatic hydroxyl groups is 1. The highest BCUT2D eigenvalue weighted by molar-refractivity contribution is 4.81. The summed E-state index contributed by atoms with van der Waals surface area (Å²) in [4.78, 5) is 0. The topological polar surface area (TPSA) is 46.2 Å². The molecule has 0 aliphatic heterocycles. The van der Waals surface area contributed by atoms with E-state index in [2.05, 4.69) is 0 Å². The molecule has 0 saturated carbocycles. The Bertz CT molecular complexity index is 54.6. The van der Waals surface area contributed by atoms with Gasteiger partial charge < -0.3 is 10.8 Å².